The number of anilines is 2. The average molecular weight is 266 g/mol. The van der Waals surface area contributed by atoms with Crippen LogP contribution in [0.15, 0.2) is 29.4 Å². The number of nitrogens with zero attached hydrogens (tertiary/aromatic N) is 1. The van der Waals surface area contributed by atoms with E-state index < -0.39 is 10.0 Å². The molecule has 0 aliphatic rings. The van der Waals surface area contributed by atoms with Crippen LogP contribution >= 0.6 is 0 Å². The van der Waals surface area contributed by atoms with Crippen LogP contribution < -0.4 is 10.5 Å². The van der Waals surface area contributed by atoms with Crippen molar-refractivity contribution in [3.8, 4) is 0 Å². The van der Waals surface area contributed by atoms with Crippen LogP contribution in [0, 0.1) is 13.8 Å². The van der Waals surface area contributed by atoms with Crippen molar-refractivity contribution in [1.82, 2.24) is 9.97 Å². The lowest BCUT2D eigenvalue weighted by Crippen LogP contribution is -2.14. The van der Waals surface area contributed by atoms with Gasteiger partial charge in [-0.25, -0.2) is 18.1 Å². The minimum Gasteiger partial charge on any atom is -0.398 e. The number of sulfonamides is 1. The van der Waals surface area contributed by atoms with E-state index in [1.807, 2.05) is 13.8 Å². The Morgan fingerprint density at radius 2 is 2.06 bits per heavy atom. The fraction of sp³-hybridized carbons (Fsp3) is 0.182. The van der Waals surface area contributed by atoms with Gasteiger partial charge in [0.05, 0.1) is 4.90 Å². The maximum atomic E-state index is 12.1. The van der Waals surface area contributed by atoms with Gasteiger partial charge in [-0.15, -0.1) is 0 Å². The molecule has 96 valence electrons. The summed E-state index contributed by atoms with van der Waals surface area (Å²) in [6.07, 6.45) is 3.00. The minimum atomic E-state index is -3.67. The zero-order chi connectivity index (χ0) is 13.3. The molecule has 0 aliphatic carbocycles. The zero-order valence-electron chi connectivity index (χ0n) is 10.1. The molecule has 4 N–H and O–H groups in total. The number of hydrogen-bond donors (Lipinski definition) is 3. The highest BCUT2D eigenvalue weighted by molar-refractivity contribution is 7.92. The van der Waals surface area contributed by atoms with Crippen molar-refractivity contribution in [2.24, 2.45) is 0 Å². The van der Waals surface area contributed by atoms with Gasteiger partial charge in [0, 0.05) is 18.1 Å². The first kappa shape index (κ1) is 12.4. The molecule has 6 nitrogen and oxygen atoms in total. The Labute approximate surface area is 105 Å². The van der Waals surface area contributed by atoms with Crippen molar-refractivity contribution in [3.05, 3.63) is 35.7 Å². The van der Waals surface area contributed by atoms with Gasteiger partial charge in [0.1, 0.15) is 0 Å². The largest absolute Gasteiger partial charge is 0.398 e. The SMILES string of the molecule is Cc1cc(S(=O)(=O)Nc2ncc[nH]2)cc(N)c1C. The van der Waals surface area contributed by atoms with Crippen molar-refractivity contribution < 1.29 is 8.42 Å². The third kappa shape index (κ3) is 2.30. The lowest BCUT2D eigenvalue weighted by Gasteiger charge is -2.10. The topological polar surface area (TPSA) is 101 Å². The summed E-state index contributed by atoms with van der Waals surface area (Å²) in [5, 5.41) is 0. The second kappa shape index (κ2) is 4.34. The summed E-state index contributed by atoms with van der Waals surface area (Å²) in [4.78, 5) is 6.61. The Morgan fingerprint density at radius 3 is 2.61 bits per heavy atom. The van der Waals surface area contributed by atoms with Crippen LogP contribution in [0.25, 0.3) is 0 Å². The van der Waals surface area contributed by atoms with E-state index in [9.17, 15) is 8.42 Å². The number of nitrogens with two attached hydrogens (primary N) is 1. The van der Waals surface area contributed by atoms with Gasteiger partial charge in [-0.1, -0.05) is 0 Å². The number of aromatic amines is 1. The van der Waals surface area contributed by atoms with E-state index in [-0.39, 0.29) is 10.8 Å². The monoisotopic (exact) mass is 266 g/mol. The van der Waals surface area contributed by atoms with Crippen molar-refractivity contribution in [1.29, 1.82) is 0 Å². The summed E-state index contributed by atoms with van der Waals surface area (Å²) in [6, 6.07) is 3.02. The number of aromatic nitrogens is 2. The van der Waals surface area contributed by atoms with E-state index in [1.165, 1.54) is 18.5 Å². The number of aryl methyl sites for hydroxylation is 1. The molecule has 0 aliphatic heterocycles. The maximum Gasteiger partial charge on any atom is 0.264 e. The third-order valence-electron chi connectivity index (χ3n) is 2.72. The maximum absolute atomic E-state index is 12.1. The molecule has 0 unspecified atom stereocenters. The highest BCUT2D eigenvalue weighted by atomic mass is 32.2. The lowest BCUT2D eigenvalue weighted by molar-refractivity contribution is 0.601. The molecule has 7 heteroatoms. The standard InChI is InChI=1S/C11H14N4O2S/c1-7-5-9(6-10(12)8(7)2)18(16,17)15-11-13-3-4-14-11/h3-6H,12H2,1-2H3,(H2,13,14,15). The Morgan fingerprint density at radius 1 is 1.33 bits per heavy atom. The van der Waals surface area contributed by atoms with Gasteiger partial charge in [-0.3, -0.25) is 0 Å². The fourth-order valence-corrected chi connectivity index (χ4v) is 2.61. The highest BCUT2D eigenvalue weighted by Gasteiger charge is 2.17. The quantitative estimate of drug-likeness (QED) is 0.731. The van der Waals surface area contributed by atoms with Crippen molar-refractivity contribution >= 4 is 21.7 Å². The summed E-state index contributed by atoms with van der Waals surface area (Å²) >= 11 is 0. The highest BCUT2D eigenvalue weighted by Crippen LogP contribution is 2.22. The van der Waals surface area contributed by atoms with Crippen molar-refractivity contribution in [3.63, 3.8) is 0 Å². The number of hydrogen-bond acceptors (Lipinski definition) is 4. The minimum absolute atomic E-state index is 0.125. The van der Waals surface area contributed by atoms with Gasteiger partial charge in [0.15, 0.2) is 0 Å². The second-order valence-corrected chi connectivity index (χ2v) is 5.68. The molecule has 0 saturated carbocycles. The number of nitrogens with one attached hydrogen (secondary N) is 2. The molecule has 18 heavy (non-hydrogen) atoms. The fourth-order valence-electron chi connectivity index (χ4n) is 1.51. The van der Waals surface area contributed by atoms with Gasteiger partial charge in [-0.05, 0) is 37.1 Å². The number of benzene rings is 1. The van der Waals surface area contributed by atoms with Crippen LogP contribution in [-0.2, 0) is 10.0 Å². The Hall–Kier alpha value is -2.02. The average Bonchev–Trinajstić information content (AvgIpc) is 2.77. The van der Waals surface area contributed by atoms with E-state index in [2.05, 4.69) is 14.7 Å². The number of rotatable bonds is 3. The molecular weight excluding hydrogens is 252 g/mol. The van der Waals surface area contributed by atoms with Gasteiger partial charge >= 0.3 is 0 Å². The molecule has 0 spiro atoms. The summed E-state index contributed by atoms with van der Waals surface area (Å²) in [6.45, 7) is 3.67. The summed E-state index contributed by atoms with van der Waals surface area (Å²) in [5.41, 5.74) is 7.94. The first-order valence-electron chi connectivity index (χ1n) is 5.29. The second-order valence-electron chi connectivity index (χ2n) is 4.00. The molecule has 1 aromatic carbocycles. The summed E-state index contributed by atoms with van der Waals surface area (Å²) in [5.74, 6) is 0.173. The zero-order valence-corrected chi connectivity index (χ0v) is 10.9. The number of H-pyrrole nitrogens is 1. The molecule has 1 aromatic heterocycles. The predicted molar refractivity (Wildman–Crippen MR) is 69.7 cm³/mol. The Kier molecular flexibility index (Phi) is 3.00. The molecule has 0 bridgehead atoms. The van der Waals surface area contributed by atoms with E-state index in [1.54, 1.807) is 6.07 Å². The summed E-state index contributed by atoms with van der Waals surface area (Å²) < 4.78 is 26.5. The molecule has 0 amide bonds. The molecule has 0 atom stereocenters. The lowest BCUT2D eigenvalue weighted by atomic mass is 10.1. The number of imidazole rings is 1. The van der Waals surface area contributed by atoms with Gasteiger partial charge < -0.3 is 10.7 Å². The van der Waals surface area contributed by atoms with Crippen molar-refractivity contribution in [2.45, 2.75) is 18.7 Å². The Bertz CT molecular complexity index is 639. The molecule has 0 saturated heterocycles. The smallest absolute Gasteiger partial charge is 0.264 e. The van der Waals surface area contributed by atoms with E-state index >= 15 is 0 Å². The molecule has 1 heterocycles. The van der Waals surface area contributed by atoms with Crippen LogP contribution in [0.1, 0.15) is 11.1 Å². The van der Waals surface area contributed by atoms with Crippen LogP contribution in [0.3, 0.4) is 0 Å². The molecular formula is C11H14N4O2S. The van der Waals surface area contributed by atoms with E-state index in [0.29, 0.717) is 5.69 Å². The third-order valence-corrected chi connectivity index (χ3v) is 4.04. The van der Waals surface area contributed by atoms with Crippen molar-refractivity contribution in [2.75, 3.05) is 10.5 Å². The molecule has 2 rings (SSSR count). The van der Waals surface area contributed by atoms with Gasteiger partial charge in [-0.2, -0.15) is 0 Å². The molecule has 2 aromatic rings. The van der Waals surface area contributed by atoms with Crippen LogP contribution in [0.5, 0.6) is 0 Å². The normalized spacial score (nSPS) is 11.4. The molecule has 0 fully saturated rings. The number of nitrogen functional groups attached to an aromatic ring is 1. The van der Waals surface area contributed by atoms with Gasteiger partial charge in [0.2, 0.25) is 5.95 Å². The first-order valence-corrected chi connectivity index (χ1v) is 6.77. The first-order chi connectivity index (χ1) is 8.40. The van der Waals surface area contributed by atoms with Crippen LogP contribution in [0.2, 0.25) is 0 Å². The van der Waals surface area contributed by atoms with Crippen LogP contribution in [-0.4, -0.2) is 18.4 Å². The van der Waals surface area contributed by atoms with E-state index in [4.69, 9.17) is 5.73 Å². The molecule has 0 radical (unpaired) electrons. The predicted octanol–water partition coefficient (Wildman–Crippen LogP) is 1.41. The van der Waals surface area contributed by atoms with Crippen LogP contribution in [0.4, 0.5) is 11.6 Å². The van der Waals surface area contributed by atoms with E-state index in [0.717, 1.165) is 11.1 Å². The Balaban J connectivity index is 2.42. The summed E-state index contributed by atoms with van der Waals surface area (Å²) in [7, 11) is -3.67. The van der Waals surface area contributed by atoms with Gasteiger partial charge in [0.25, 0.3) is 10.0 Å².